The Labute approximate surface area is 99.9 Å². The maximum absolute atomic E-state index is 5.68. The van der Waals surface area contributed by atoms with E-state index in [4.69, 9.17) is 4.74 Å². The van der Waals surface area contributed by atoms with Crippen LogP contribution in [0.3, 0.4) is 0 Å². The van der Waals surface area contributed by atoms with Crippen molar-refractivity contribution in [3.8, 4) is 0 Å². The van der Waals surface area contributed by atoms with Crippen LogP contribution < -0.4 is 10.6 Å². The second-order valence-corrected chi connectivity index (χ2v) is 4.06. The third kappa shape index (κ3) is 6.67. The van der Waals surface area contributed by atoms with E-state index in [1.807, 2.05) is 6.92 Å². The summed E-state index contributed by atoms with van der Waals surface area (Å²) in [4.78, 5) is 4.12. The summed E-state index contributed by atoms with van der Waals surface area (Å²) in [6.07, 6.45) is 1.34. The van der Waals surface area contributed by atoms with E-state index in [1.165, 1.54) is 0 Å². The summed E-state index contributed by atoms with van der Waals surface area (Å²) in [5.74, 6) is 1.42. The topological polar surface area (TPSA) is 45.7 Å². The van der Waals surface area contributed by atoms with Crippen molar-refractivity contribution in [3.05, 3.63) is 0 Å². The molecule has 0 fully saturated rings. The highest BCUT2D eigenvalue weighted by Crippen LogP contribution is 2.09. The molecule has 0 aromatic heterocycles. The van der Waals surface area contributed by atoms with Crippen molar-refractivity contribution < 1.29 is 4.74 Å². The van der Waals surface area contributed by atoms with E-state index in [-0.39, 0.29) is 0 Å². The maximum atomic E-state index is 5.68. The van der Waals surface area contributed by atoms with Crippen LogP contribution in [-0.4, -0.2) is 38.8 Å². The SMILES string of the molecule is CCNC(=NC)NCC[C@H](OCC)C(C)C. The van der Waals surface area contributed by atoms with Gasteiger partial charge >= 0.3 is 0 Å². The number of ether oxygens (including phenoxy) is 1. The third-order valence-electron chi connectivity index (χ3n) is 2.41. The zero-order valence-corrected chi connectivity index (χ0v) is 11.3. The van der Waals surface area contributed by atoms with Gasteiger partial charge in [-0.05, 0) is 26.2 Å². The van der Waals surface area contributed by atoms with E-state index in [9.17, 15) is 0 Å². The molecule has 0 aliphatic rings. The predicted octanol–water partition coefficient (Wildman–Crippen LogP) is 1.62. The van der Waals surface area contributed by atoms with Gasteiger partial charge in [-0.2, -0.15) is 0 Å². The van der Waals surface area contributed by atoms with E-state index >= 15 is 0 Å². The molecule has 0 radical (unpaired) electrons. The summed E-state index contributed by atoms with van der Waals surface area (Å²) < 4.78 is 5.68. The lowest BCUT2D eigenvalue weighted by Crippen LogP contribution is -2.39. The number of hydrogen-bond acceptors (Lipinski definition) is 2. The lowest BCUT2D eigenvalue weighted by molar-refractivity contribution is 0.0258. The largest absolute Gasteiger partial charge is 0.378 e. The predicted molar refractivity (Wildman–Crippen MR) is 69.9 cm³/mol. The third-order valence-corrected chi connectivity index (χ3v) is 2.41. The van der Waals surface area contributed by atoms with Crippen molar-refractivity contribution in [1.82, 2.24) is 10.6 Å². The van der Waals surface area contributed by atoms with Crippen LogP contribution in [0.5, 0.6) is 0 Å². The molecule has 0 aromatic rings. The second kappa shape index (κ2) is 9.46. The molecular weight excluding hydrogens is 202 g/mol. The van der Waals surface area contributed by atoms with Crippen LogP contribution in [0.15, 0.2) is 4.99 Å². The average Bonchev–Trinajstić information content (AvgIpc) is 2.26. The monoisotopic (exact) mass is 229 g/mol. The van der Waals surface area contributed by atoms with Crippen LogP contribution in [0, 0.1) is 5.92 Å². The zero-order chi connectivity index (χ0) is 12.4. The summed E-state index contributed by atoms with van der Waals surface area (Å²) in [6, 6.07) is 0. The van der Waals surface area contributed by atoms with Gasteiger partial charge in [0.15, 0.2) is 5.96 Å². The minimum Gasteiger partial charge on any atom is -0.378 e. The molecule has 0 rings (SSSR count). The highest BCUT2D eigenvalue weighted by molar-refractivity contribution is 5.79. The molecule has 0 aromatic carbocycles. The van der Waals surface area contributed by atoms with Crippen molar-refractivity contribution in [1.29, 1.82) is 0 Å². The smallest absolute Gasteiger partial charge is 0.190 e. The van der Waals surface area contributed by atoms with E-state index < -0.39 is 0 Å². The van der Waals surface area contributed by atoms with Crippen LogP contribution in [0.1, 0.15) is 34.1 Å². The fourth-order valence-electron chi connectivity index (χ4n) is 1.54. The van der Waals surface area contributed by atoms with Crippen molar-refractivity contribution in [2.45, 2.75) is 40.2 Å². The van der Waals surface area contributed by atoms with Gasteiger partial charge in [-0.15, -0.1) is 0 Å². The van der Waals surface area contributed by atoms with E-state index in [1.54, 1.807) is 7.05 Å². The molecule has 0 saturated heterocycles. The van der Waals surface area contributed by atoms with Crippen molar-refractivity contribution in [2.75, 3.05) is 26.7 Å². The molecule has 0 bridgehead atoms. The van der Waals surface area contributed by atoms with Gasteiger partial charge in [-0.25, -0.2) is 0 Å². The van der Waals surface area contributed by atoms with Gasteiger partial charge < -0.3 is 15.4 Å². The molecular formula is C12H27N3O. The summed E-state index contributed by atoms with van der Waals surface area (Å²) in [5.41, 5.74) is 0. The Morgan fingerprint density at radius 1 is 1.25 bits per heavy atom. The maximum Gasteiger partial charge on any atom is 0.190 e. The van der Waals surface area contributed by atoms with Gasteiger partial charge in [0.25, 0.3) is 0 Å². The lowest BCUT2D eigenvalue weighted by atomic mass is 10.0. The molecule has 0 spiro atoms. The summed E-state index contributed by atoms with van der Waals surface area (Å²) >= 11 is 0. The second-order valence-electron chi connectivity index (χ2n) is 4.06. The number of hydrogen-bond donors (Lipinski definition) is 2. The van der Waals surface area contributed by atoms with Gasteiger partial charge in [0.2, 0.25) is 0 Å². The van der Waals surface area contributed by atoms with Gasteiger partial charge in [0, 0.05) is 26.7 Å². The van der Waals surface area contributed by atoms with Crippen LogP contribution in [0.25, 0.3) is 0 Å². The quantitative estimate of drug-likeness (QED) is 0.515. The van der Waals surface area contributed by atoms with Crippen molar-refractivity contribution in [3.63, 3.8) is 0 Å². The summed E-state index contributed by atoms with van der Waals surface area (Å²) in [6.45, 7) is 11.1. The molecule has 4 heteroatoms. The van der Waals surface area contributed by atoms with Gasteiger partial charge in [0.1, 0.15) is 0 Å². The van der Waals surface area contributed by atoms with E-state index in [0.29, 0.717) is 12.0 Å². The fourth-order valence-corrected chi connectivity index (χ4v) is 1.54. The molecule has 0 saturated carbocycles. The van der Waals surface area contributed by atoms with Crippen molar-refractivity contribution in [2.24, 2.45) is 10.9 Å². The van der Waals surface area contributed by atoms with Gasteiger partial charge in [-0.1, -0.05) is 13.8 Å². The molecule has 1 atom stereocenters. The molecule has 0 heterocycles. The molecule has 4 nitrogen and oxygen atoms in total. The molecule has 16 heavy (non-hydrogen) atoms. The first-order valence-electron chi connectivity index (χ1n) is 6.21. The molecule has 0 aliphatic carbocycles. The van der Waals surface area contributed by atoms with Crippen LogP contribution in [0.2, 0.25) is 0 Å². The Morgan fingerprint density at radius 3 is 2.38 bits per heavy atom. The first-order chi connectivity index (χ1) is 7.65. The van der Waals surface area contributed by atoms with Crippen LogP contribution >= 0.6 is 0 Å². The molecule has 0 aliphatic heterocycles. The lowest BCUT2D eigenvalue weighted by Gasteiger charge is -2.21. The molecule has 0 unspecified atom stereocenters. The summed E-state index contributed by atoms with van der Waals surface area (Å²) in [7, 11) is 1.79. The van der Waals surface area contributed by atoms with Crippen LogP contribution in [0.4, 0.5) is 0 Å². The molecule has 96 valence electrons. The molecule has 2 N–H and O–H groups in total. The number of aliphatic imine (C=N–C) groups is 1. The normalized spacial score (nSPS) is 14.0. The van der Waals surface area contributed by atoms with Gasteiger partial charge in [-0.3, -0.25) is 4.99 Å². The van der Waals surface area contributed by atoms with Gasteiger partial charge in [0.05, 0.1) is 6.10 Å². The Kier molecular flexibility index (Phi) is 9.00. The highest BCUT2D eigenvalue weighted by Gasteiger charge is 2.12. The Balaban J connectivity index is 3.84. The Bertz CT molecular complexity index is 193. The number of rotatable bonds is 7. The standard InChI is InChI=1S/C12H27N3O/c1-6-14-12(13-5)15-9-8-11(10(3)4)16-7-2/h10-11H,6-9H2,1-5H3,(H2,13,14,15)/t11-/m0/s1. The zero-order valence-electron chi connectivity index (χ0n) is 11.3. The number of guanidine groups is 1. The fraction of sp³-hybridized carbons (Fsp3) is 0.917. The van der Waals surface area contributed by atoms with E-state index in [0.717, 1.165) is 32.1 Å². The first kappa shape index (κ1) is 15.2. The summed E-state index contributed by atoms with van der Waals surface area (Å²) in [5, 5.41) is 6.44. The Hall–Kier alpha value is -0.770. The number of nitrogens with zero attached hydrogens (tertiary/aromatic N) is 1. The molecule has 0 amide bonds. The van der Waals surface area contributed by atoms with E-state index in [2.05, 4.69) is 36.4 Å². The highest BCUT2D eigenvalue weighted by atomic mass is 16.5. The average molecular weight is 229 g/mol. The minimum atomic E-state index is 0.331. The van der Waals surface area contributed by atoms with Crippen LogP contribution in [-0.2, 0) is 4.74 Å². The number of nitrogens with one attached hydrogen (secondary N) is 2. The van der Waals surface area contributed by atoms with Crippen molar-refractivity contribution >= 4 is 5.96 Å². The minimum absolute atomic E-state index is 0.331. The Morgan fingerprint density at radius 2 is 1.94 bits per heavy atom. The first-order valence-corrected chi connectivity index (χ1v) is 6.21.